The highest BCUT2D eigenvalue weighted by molar-refractivity contribution is 6.32. The Morgan fingerprint density at radius 1 is 1.56 bits per heavy atom. The van der Waals surface area contributed by atoms with Gasteiger partial charge in [-0.05, 0) is 13.3 Å². The summed E-state index contributed by atoms with van der Waals surface area (Å²) < 4.78 is 1.41. The maximum atomic E-state index is 11.9. The molecule has 0 aliphatic heterocycles. The van der Waals surface area contributed by atoms with E-state index >= 15 is 0 Å². The molecular weight excluding hydrogens is 250 g/mol. The number of unbranched alkanes of at least 4 members (excludes halogenated alkanes) is 1. The van der Waals surface area contributed by atoms with Crippen LogP contribution in [0.4, 0.5) is 5.69 Å². The van der Waals surface area contributed by atoms with E-state index in [2.05, 4.69) is 29.2 Å². The molecule has 0 saturated heterocycles. The molecule has 18 heavy (non-hydrogen) atoms. The highest BCUT2D eigenvalue weighted by Crippen LogP contribution is 2.14. The molecule has 1 aromatic rings. The maximum Gasteiger partial charge on any atom is 0.287 e. The average molecular weight is 268 g/mol. The molecule has 0 bridgehead atoms. The molecule has 98 valence electrons. The van der Waals surface area contributed by atoms with Crippen molar-refractivity contribution in [3.8, 4) is 11.8 Å². The van der Waals surface area contributed by atoms with Gasteiger partial charge in [0.2, 0.25) is 0 Å². The zero-order valence-electron chi connectivity index (χ0n) is 10.8. The van der Waals surface area contributed by atoms with E-state index in [9.17, 15) is 4.79 Å². The van der Waals surface area contributed by atoms with E-state index in [1.807, 2.05) is 0 Å². The topological polar surface area (TPSA) is 46.9 Å². The molecule has 5 heteroatoms. The van der Waals surface area contributed by atoms with Crippen LogP contribution in [0.15, 0.2) is 11.0 Å². The lowest BCUT2D eigenvalue weighted by molar-refractivity contribution is 0.543. The number of nitrogens with one attached hydrogen (secondary N) is 1. The Hall–Kier alpha value is -1.47. The van der Waals surface area contributed by atoms with Crippen molar-refractivity contribution in [1.82, 2.24) is 9.78 Å². The normalized spacial score (nSPS) is 9.72. The molecule has 1 rings (SSSR count). The molecule has 0 saturated carbocycles. The molecule has 0 atom stereocenters. The van der Waals surface area contributed by atoms with Crippen molar-refractivity contribution in [2.24, 2.45) is 0 Å². The second-order valence-corrected chi connectivity index (χ2v) is 4.24. The summed E-state index contributed by atoms with van der Waals surface area (Å²) in [4.78, 5) is 11.9. The minimum atomic E-state index is -0.239. The van der Waals surface area contributed by atoms with Crippen molar-refractivity contribution in [2.75, 3.05) is 11.9 Å². The first-order valence-corrected chi connectivity index (χ1v) is 6.47. The number of hydrogen-bond donors (Lipinski definition) is 1. The Kier molecular flexibility index (Phi) is 6.31. The number of nitrogens with zero attached hydrogens (tertiary/aromatic N) is 2. The number of aromatic nitrogens is 2. The van der Waals surface area contributed by atoms with Crippen LogP contribution in [0.25, 0.3) is 0 Å². The Morgan fingerprint density at radius 3 is 3.00 bits per heavy atom. The van der Waals surface area contributed by atoms with E-state index in [1.54, 1.807) is 13.1 Å². The van der Waals surface area contributed by atoms with Gasteiger partial charge in [-0.1, -0.05) is 24.9 Å². The summed E-state index contributed by atoms with van der Waals surface area (Å²) in [6, 6.07) is 0. The fourth-order valence-corrected chi connectivity index (χ4v) is 1.65. The number of anilines is 1. The van der Waals surface area contributed by atoms with Gasteiger partial charge < -0.3 is 5.32 Å². The molecule has 4 nitrogen and oxygen atoms in total. The van der Waals surface area contributed by atoms with Gasteiger partial charge in [-0.2, -0.15) is 5.10 Å². The molecule has 1 heterocycles. The summed E-state index contributed by atoms with van der Waals surface area (Å²) in [6.45, 7) is 5.12. The van der Waals surface area contributed by atoms with Crippen LogP contribution in [-0.4, -0.2) is 16.3 Å². The smallest absolute Gasteiger partial charge is 0.287 e. The van der Waals surface area contributed by atoms with E-state index in [4.69, 9.17) is 11.6 Å². The quantitative estimate of drug-likeness (QED) is 0.636. The predicted octanol–water partition coefficient (Wildman–Crippen LogP) is 2.52. The van der Waals surface area contributed by atoms with Crippen molar-refractivity contribution in [1.29, 1.82) is 0 Å². The van der Waals surface area contributed by atoms with Crippen LogP contribution in [-0.2, 0) is 6.54 Å². The zero-order valence-corrected chi connectivity index (χ0v) is 11.5. The largest absolute Gasteiger partial charge is 0.381 e. The van der Waals surface area contributed by atoms with E-state index < -0.39 is 0 Å². The van der Waals surface area contributed by atoms with Crippen LogP contribution >= 0.6 is 11.6 Å². The molecule has 0 spiro atoms. The summed E-state index contributed by atoms with van der Waals surface area (Å²) >= 11 is 6.02. The molecule has 1 aromatic heterocycles. The lowest BCUT2D eigenvalue weighted by Gasteiger charge is -2.08. The molecule has 0 aliphatic carbocycles. The van der Waals surface area contributed by atoms with Gasteiger partial charge in [0.05, 0.1) is 11.9 Å². The van der Waals surface area contributed by atoms with Crippen LogP contribution in [0.2, 0.25) is 5.02 Å². The van der Waals surface area contributed by atoms with Gasteiger partial charge in [0.1, 0.15) is 5.02 Å². The first-order chi connectivity index (χ1) is 8.70. The van der Waals surface area contributed by atoms with E-state index in [-0.39, 0.29) is 10.6 Å². The molecule has 0 radical (unpaired) electrons. The highest BCUT2D eigenvalue weighted by atomic mass is 35.5. The van der Waals surface area contributed by atoms with E-state index in [1.165, 1.54) is 4.68 Å². The van der Waals surface area contributed by atoms with Crippen LogP contribution < -0.4 is 10.9 Å². The molecule has 0 amide bonds. The third-order valence-electron chi connectivity index (χ3n) is 2.45. The predicted molar refractivity (Wildman–Crippen MR) is 75.0 cm³/mol. The van der Waals surface area contributed by atoms with Crippen LogP contribution in [0.5, 0.6) is 0 Å². The third-order valence-corrected chi connectivity index (χ3v) is 2.82. The van der Waals surface area contributed by atoms with Crippen molar-refractivity contribution in [2.45, 2.75) is 39.7 Å². The fraction of sp³-hybridized carbons (Fsp3) is 0.538. The van der Waals surface area contributed by atoms with Gasteiger partial charge in [0, 0.05) is 19.5 Å². The zero-order chi connectivity index (χ0) is 13.4. The van der Waals surface area contributed by atoms with Crippen molar-refractivity contribution in [3.05, 3.63) is 21.6 Å². The van der Waals surface area contributed by atoms with Gasteiger partial charge in [-0.15, -0.1) is 11.8 Å². The summed E-state index contributed by atoms with van der Waals surface area (Å²) in [6.07, 6.45) is 4.24. The lowest BCUT2D eigenvalue weighted by atomic mass is 10.3. The number of halogens is 1. The van der Waals surface area contributed by atoms with Gasteiger partial charge >= 0.3 is 0 Å². The van der Waals surface area contributed by atoms with E-state index in [0.717, 1.165) is 12.8 Å². The molecule has 1 N–H and O–H groups in total. The summed E-state index contributed by atoms with van der Waals surface area (Å²) in [5.74, 6) is 5.74. The summed E-state index contributed by atoms with van der Waals surface area (Å²) in [5.41, 5.74) is 0.337. The van der Waals surface area contributed by atoms with Crippen LogP contribution in [0.1, 0.15) is 33.1 Å². The first-order valence-electron chi connectivity index (χ1n) is 6.09. The number of rotatable bonds is 6. The molecule has 0 fully saturated rings. The fourth-order valence-electron chi connectivity index (χ4n) is 1.44. The number of aryl methyl sites for hydroxylation is 1. The second-order valence-electron chi connectivity index (χ2n) is 3.86. The Bertz CT molecular complexity index is 499. The van der Waals surface area contributed by atoms with Crippen LogP contribution in [0.3, 0.4) is 0 Å². The molecule has 0 aromatic carbocycles. The molecule has 0 unspecified atom stereocenters. The number of hydrogen-bond acceptors (Lipinski definition) is 3. The Balaban J connectivity index is 2.73. The monoisotopic (exact) mass is 267 g/mol. The summed E-state index contributed by atoms with van der Waals surface area (Å²) in [7, 11) is 0. The van der Waals surface area contributed by atoms with Gasteiger partial charge in [0.15, 0.2) is 0 Å². The van der Waals surface area contributed by atoms with Gasteiger partial charge in [0.25, 0.3) is 5.56 Å². The first kappa shape index (κ1) is 14.6. The van der Waals surface area contributed by atoms with Gasteiger partial charge in [-0.25, -0.2) is 4.68 Å². The third kappa shape index (κ3) is 4.08. The van der Waals surface area contributed by atoms with E-state index in [0.29, 0.717) is 25.2 Å². The van der Waals surface area contributed by atoms with Gasteiger partial charge in [-0.3, -0.25) is 4.79 Å². The minimum Gasteiger partial charge on any atom is -0.381 e. The Morgan fingerprint density at radius 2 is 2.33 bits per heavy atom. The van der Waals surface area contributed by atoms with Crippen LogP contribution in [0, 0.1) is 11.8 Å². The highest BCUT2D eigenvalue weighted by Gasteiger charge is 2.08. The van der Waals surface area contributed by atoms with Crippen molar-refractivity contribution >= 4 is 17.3 Å². The van der Waals surface area contributed by atoms with Crippen molar-refractivity contribution in [3.63, 3.8) is 0 Å². The standard InChI is InChI=1S/C13H18ClN3O/c1-3-5-7-8-15-11-10-16-17(9-6-4-2)13(18)12(11)14/h10,15H,4,6-9H2,1-2H3. The maximum absolute atomic E-state index is 11.9. The Labute approximate surface area is 112 Å². The molecule has 0 aliphatic rings. The molecular formula is C13H18ClN3O. The second kappa shape index (κ2) is 7.78. The summed E-state index contributed by atoms with van der Waals surface area (Å²) in [5, 5.41) is 7.36. The van der Waals surface area contributed by atoms with Crippen molar-refractivity contribution < 1.29 is 0 Å². The average Bonchev–Trinajstić information content (AvgIpc) is 2.38. The SMILES string of the molecule is CC#CCCNc1cnn(CCCC)c(=O)c1Cl. The lowest BCUT2D eigenvalue weighted by Crippen LogP contribution is -2.24. The minimum absolute atomic E-state index is 0.200.